The van der Waals surface area contributed by atoms with E-state index < -0.39 is 11.6 Å². The van der Waals surface area contributed by atoms with Gasteiger partial charge in [0.15, 0.2) is 0 Å². The fourth-order valence-electron chi connectivity index (χ4n) is 0.755. The Kier molecular flexibility index (Phi) is 6.53. The summed E-state index contributed by atoms with van der Waals surface area (Å²) in [6.07, 6.45) is -0.217. The van der Waals surface area contributed by atoms with Crippen LogP contribution < -0.4 is 0 Å². The molecule has 0 N–H and O–H groups in total. The molecule has 0 saturated heterocycles. The van der Waals surface area contributed by atoms with Crippen molar-refractivity contribution >= 4 is 12.1 Å². The molecule has 94 valence electrons. The third-order valence-corrected chi connectivity index (χ3v) is 1.62. The Morgan fingerprint density at radius 3 is 2.06 bits per heavy atom. The lowest BCUT2D eigenvalue weighted by atomic mass is 9.97. The molecule has 16 heavy (non-hydrogen) atoms. The molecule has 5 heteroatoms. The van der Waals surface area contributed by atoms with Crippen LogP contribution in [0.1, 0.15) is 34.1 Å². The van der Waals surface area contributed by atoms with Crippen molar-refractivity contribution in [2.75, 3.05) is 19.8 Å². The summed E-state index contributed by atoms with van der Waals surface area (Å²) < 4.78 is 14.2. The Labute approximate surface area is 96.1 Å². The van der Waals surface area contributed by atoms with Gasteiger partial charge in [0.1, 0.15) is 0 Å². The molecule has 0 rings (SSSR count). The Bertz CT molecular complexity index is 229. The number of hydrogen-bond donors (Lipinski definition) is 0. The van der Waals surface area contributed by atoms with Crippen molar-refractivity contribution in [3.05, 3.63) is 0 Å². The lowest BCUT2D eigenvalue weighted by Crippen LogP contribution is -2.23. The largest absolute Gasteiger partial charge is 0.508 e. The molecule has 0 fully saturated rings. The van der Waals surface area contributed by atoms with Crippen LogP contribution in [0, 0.1) is 5.41 Å². The topological polar surface area (TPSA) is 61.8 Å². The second-order valence-electron chi connectivity index (χ2n) is 4.27. The number of hydrogen-bond acceptors (Lipinski definition) is 5. The van der Waals surface area contributed by atoms with Crippen LogP contribution in [-0.2, 0) is 19.0 Å². The third-order valence-electron chi connectivity index (χ3n) is 1.62. The standard InChI is InChI=1S/C11H20O5/c1-5-14-10(13)16-8-6-7-15-9(12)11(2,3)4/h5-8H2,1-4H3. The highest BCUT2D eigenvalue weighted by Gasteiger charge is 2.22. The van der Waals surface area contributed by atoms with Crippen LogP contribution in [0.2, 0.25) is 0 Å². The van der Waals surface area contributed by atoms with Gasteiger partial charge < -0.3 is 14.2 Å². The molecule has 0 radical (unpaired) electrons. The van der Waals surface area contributed by atoms with Crippen LogP contribution in [0.5, 0.6) is 0 Å². The molecule has 0 saturated carbocycles. The van der Waals surface area contributed by atoms with Gasteiger partial charge in [-0.25, -0.2) is 4.79 Å². The predicted molar refractivity (Wildman–Crippen MR) is 58.0 cm³/mol. The van der Waals surface area contributed by atoms with E-state index >= 15 is 0 Å². The first-order valence-electron chi connectivity index (χ1n) is 5.34. The zero-order valence-corrected chi connectivity index (χ0v) is 10.4. The zero-order valence-electron chi connectivity index (χ0n) is 10.4. The molecular weight excluding hydrogens is 212 g/mol. The zero-order chi connectivity index (χ0) is 12.6. The van der Waals surface area contributed by atoms with Crippen molar-refractivity contribution < 1.29 is 23.8 Å². The van der Waals surface area contributed by atoms with Crippen LogP contribution in [0.25, 0.3) is 0 Å². The van der Waals surface area contributed by atoms with Crippen LogP contribution in [0.4, 0.5) is 4.79 Å². The van der Waals surface area contributed by atoms with E-state index in [0.717, 1.165) is 0 Å². The fraction of sp³-hybridized carbons (Fsp3) is 0.818. The van der Waals surface area contributed by atoms with E-state index in [2.05, 4.69) is 4.74 Å². The number of ether oxygens (including phenoxy) is 3. The Balaban J connectivity index is 3.48. The third kappa shape index (κ3) is 7.09. The molecule has 0 aliphatic heterocycles. The summed E-state index contributed by atoms with van der Waals surface area (Å²) >= 11 is 0. The average Bonchev–Trinajstić information content (AvgIpc) is 2.16. The molecule has 0 aromatic heterocycles. The van der Waals surface area contributed by atoms with Crippen molar-refractivity contribution in [2.45, 2.75) is 34.1 Å². The van der Waals surface area contributed by atoms with E-state index in [9.17, 15) is 9.59 Å². The first kappa shape index (κ1) is 14.7. The molecule has 0 bridgehead atoms. The highest BCUT2D eigenvalue weighted by molar-refractivity contribution is 5.75. The second kappa shape index (κ2) is 7.09. The predicted octanol–water partition coefficient (Wildman–Crippen LogP) is 2.14. The highest BCUT2D eigenvalue weighted by atomic mass is 16.7. The molecule has 0 amide bonds. The Morgan fingerprint density at radius 1 is 1.00 bits per heavy atom. The molecule has 0 unspecified atom stereocenters. The monoisotopic (exact) mass is 232 g/mol. The van der Waals surface area contributed by atoms with Gasteiger partial charge in [0, 0.05) is 6.42 Å². The SMILES string of the molecule is CCOC(=O)OCCCOC(=O)C(C)(C)C. The fourth-order valence-corrected chi connectivity index (χ4v) is 0.755. The molecule has 0 heterocycles. The number of esters is 1. The second-order valence-corrected chi connectivity index (χ2v) is 4.27. The minimum atomic E-state index is -0.690. The molecule has 0 aliphatic rings. The van der Waals surface area contributed by atoms with Crippen molar-refractivity contribution in [1.29, 1.82) is 0 Å². The van der Waals surface area contributed by atoms with E-state index in [4.69, 9.17) is 9.47 Å². The Hall–Kier alpha value is -1.26. The van der Waals surface area contributed by atoms with Crippen LogP contribution in [0.15, 0.2) is 0 Å². The molecule has 5 nitrogen and oxygen atoms in total. The van der Waals surface area contributed by atoms with Gasteiger partial charge in [-0.3, -0.25) is 4.79 Å². The van der Waals surface area contributed by atoms with Crippen LogP contribution in [0.3, 0.4) is 0 Å². The summed E-state index contributed by atoms with van der Waals surface area (Å²) in [5, 5.41) is 0. The van der Waals surface area contributed by atoms with Crippen molar-refractivity contribution in [3.8, 4) is 0 Å². The van der Waals surface area contributed by atoms with Crippen molar-refractivity contribution in [2.24, 2.45) is 5.41 Å². The van der Waals surface area contributed by atoms with Crippen LogP contribution >= 0.6 is 0 Å². The van der Waals surface area contributed by atoms with Crippen LogP contribution in [-0.4, -0.2) is 31.9 Å². The molecule has 0 aromatic carbocycles. The van der Waals surface area contributed by atoms with Gasteiger partial charge in [0.05, 0.1) is 25.2 Å². The van der Waals surface area contributed by atoms with Gasteiger partial charge in [-0.05, 0) is 27.7 Å². The van der Waals surface area contributed by atoms with Gasteiger partial charge in [-0.15, -0.1) is 0 Å². The molecular formula is C11H20O5. The number of rotatable bonds is 5. The minimum absolute atomic E-state index is 0.191. The van der Waals surface area contributed by atoms with Gasteiger partial charge in [-0.2, -0.15) is 0 Å². The quantitative estimate of drug-likeness (QED) is 0.536. The normalized spacial score (nSPS) is 10.8. The summed E-state index contributed by atoms with van der Waals surface area (Å²) in [7, 11) is 0. The summed E-state index contributed by atoms with van der Waals surface area (Å²) in [6, 6.07) is 0. The van der Waals surface area contributed by atoms with Gasteiger partial charge >= 0.3 is 12.1 Å². The first-order chi connectivity index (χ1) is 7.38. The number of carbonyl (C=O) groups excluding carboxylic acids is 2. The molecule has 0 aromatic rings. The van der Waals surface area contributed by atoms with Crippen molar-refractivity contribution in [1.82, 2.24) is 0 Å². The number of carbonyl (C=O) groups is 2. The lowest BCUT2D eigenvalue weighted by Gasteiger charge is -2.16. The minimum Gasteiger partial charge on any atom is -0.465 e. The maximum Gasteiger partial charge on any atom is 0.508 e. The lowest BCUT2D eigenvalue weighted by molar-refractivity contribution is -0.153. The van der Waals surface area contributed by atoms with E-state index in [1.807, 2.05) is 0 Å². The maximum absolute atomic E-state index is 11.3. The summed E-state index contributed by atoms with van der Waals surface area (Å²) in [4.78, 5) is 22.1. The van der Waals surface area contributed by atoms with Gasteiger partial charge in [0.25, 0.3) is 0 Å². The van der Waals surface area contributed by atoms with Crippen molar-refractivity contribution in [3.63, 3.8) is 0 Å². The van der Waals surface area contributed by atoms with E-state index in [1.165, 1.54) is 0 Å². The summed E-state index contributed by atoms with van der Waals surface area (Å²) in [5.74, 6) is -0.261. The van der Waals surface area contributed by atoms with E-state index in [-0.39, 0.29) is 25.8 Å². The maximum atomic E-state index is 11.3. The Morgan fingerprint density at radius 2 is 1.56 bits per heavy atom. The van der Waals surface area contributed by atoms with Gasteiger partial charge in [0.2, 0.25) is 0 Å². The molecule has 0 aliphatic carbocycles. The first-order valence-corrected chi connectivity index (χ1v) is 5.34. The smallest absolute Gasteiger partial charge is 0.465 e. The summed E-state index contributed by atoms with van der Waals surface area (Å²) in [5.41, 5.74) is -0.498. The van der Waals surface area contributed by atoms with Gasteiger partial charge in [-0.1, -0.05) is 0 Å². The summed E-state index contributed by atoms with van der Waals surface area (Å²) in [6.45, 7) is 7.77. The molecule has 0 atom stereocenters. The van der Waals surface area contributed by atoms with E-state index in [0.29, 0.717) is 6.42 Å². The van der Waals surface area contributed by atoms with E-state index in [1.54, 1.807) is 27.7 Å². The average molecular weight is 232 g/mol. The molecule has 0 spiro atoms. The highest BCUT2D eigenvalue weighted by Crippen LogP contribution is 2.14.